The van der Waals surface area contributed by atoms with Crippen molar-refractivity contribution in [2.75, 3.05) is 20.8 Å². The van der Waals surface area contributed by atoms with Crippen LogP contribution in [0.2, 0.25) is 0 Å². The number of rotatable bonds is 8. The molecule has 0 atom stereocenters. The van der Waals surface area contributed by atoms with Gasteiger partial charge in [-0.3, -0.25) is 0 Å². The normalized spacial score (nSPS) is 19.5. The molecule has 7 nitrogen and oxygen atoms in total. The van der Waals surface area contributed by atoms with Crippen LogP contribution in [0.5, 0.6) is 0 Å². The van der Waals surface area contributed by atoms with Crippen molar-refractivity contribution in [2.45, 2.75) is 168 Å². The van der Waals surface area contributed by atoms with E-state index in [9.17, 15) is 0 Å². The lowest BCUT2D eigenvalue weighted by molar-refractivity contribution is -0.553. The molecular formula is C40H78O7. The zero-order valence-electron chi connectivity index (χ0n) is 29.0. The van der Waals surface area contributed by atoms with E-state index in [0.717, 1.165) is 46.8 Å². The lowest BCUT2D eigenvalue weighted by atomic mass is 9.71. The molecule has 0 aromatic rings. The van der Waals surface area contributed by atoms with Gasteiger partial charge in [0.2, 0.25) is 0 Å². The molecule has 3 aliphatic carbocycles. The predicted octanol–water partition coefficient (Wildman–Crippen LogP) is 11.8. The Morgan fingerprint density at radius 3 is 1.34 bits per heavy atom. The second kappa shape index (κ2) is 26.0. The van der Waals surface area contributed by atoms with E-state index in [-0.39, 0.29) is 42.7 Å². The average Bonchev–Trinajstić information content (AvgIpc) is 3.75. The number of hydrogen-bond donors (Lipinski definition) is 0. The Morgan fingerprint density at radius 2 is 1.02 bits per heavy atom. The summed E-state index contributed by atoms with van der Waals surface area (Å²) in [6.07, 6.45) is 22.3. The van der Waals surface area contributed by atoms with Crippen molar-refractivity contribution < 1.29 is 32.5 Å². The van der Waals surface area contributed by atoms with E-state index in [1.54, 1.807) is 96.3 Å². The van der Waals surface area contributed by atoms with Crippen molar-refractivity contribution in [1.29, 1.82) is 0 Å². The highest BCUT2D eigenvalue weighted by Gasteiger charge is 2.38. The Labute approximate surface area is 292 Å². The summed E-state index contributed by atoms with van der Waals surface area (Å²) in [5, 5.41) is 0. The standard InChI is InChI=1S/C16H28.C11H18O4.C7H10O3.C2H6.4CH4/c1-2-8-13(7-1)16(14-9-3-4-10-14)15-11-5-6-12-15;1-8-6-9(2)14-10(13-8)15-11(3,4)7-12-5;1-5-4-6(2)10-7(8-3)9-5;1-2;;;;/h13-16H,1-12H2;6H,7H2,1-5H3;4H,1-3H3;1-2H3;4*1H4. The van der Waals surface area contributed by atoms with E-state index in [1.165, 1.54) is 7.11 Å². The first-order chi connectivity index (χ1) is 20.6. The van der Waals surface area contributed by atoms with Crippen LogP contribution >= 0.6 is 0 Å². The minimum absolute atomic E-state index is 0. The lowest BCUT2D eigenvalue weighted by Crippen LogP contribution is -2.34. The largest absolute Gasteiger partial charge is 0.509 e. The number of carbonyl (C=O) groups excluding carboxylic acids is 2. The third-order valence-corrected chi connectivity index (χ3v) is 8.64. The second-order valence-corrected chi connectivity index (χ2v) is 12.8. The first kappa shape index (κ1) is 49.4. The number of methoxy groups -OCH3 is 2. The van der Waals surface area contributed by atoms with Gasteiger partial charge in [0.1, 0.15) is 0 Å². The molecule has 47 heavy (non-hydrogen) atoms. The van der Waals surface area contributed by atoms with E-state index in [4.69, 9.17) is 32.5 Å². The molecular weight excluding hydrogens is 592 g/mol. The third-order valence-electron chi connectivity index (χ3n) is 8.64. The molecule has 0 aromatic heterocycles. The predicted molar refractivity (Wildman–Crippen MR) is 199 cm³/mol. The summed E-state index contributed by atoms with van der Waals surface area (Å²) < 4.78 is 35.9. The van der Waals surface area contributed by atoms with Crippen LogP contribution in [0.25, 0.3) is 0 Å². The van der Waals surface area contributed by atoms with Crippen molar-refractivity contribution in [3.8, 4) is 0 Å². The number of allylic oxidation sites excluding steroid dienone is 4. The molecule has 0 amide bonds. The molecule has 7 heteroatoms. The summed E-state index contributed by atoms with van der Waals surface area (Å²) in [7, 11) is 3.13. The van der Waals surface area contributed by atoms with Gasteiger partial charge >= 0.3 is 13.0 Å². The molecule has 0 N–H and O–H groups in total. The number of ether oxygens (including phenoxy) is 5. The lowest BCUT2D eigenvalue weighted by Gasteiger charge is -2.34. The van der Waals surface area contributed by atoms with Gasteiger partial charge < -0.3 is 32.5 Å². The first-order valence-electron chi connectivity index (χ1n) is 16.8. The van der Waals surface area contributed by atoms with Crippen LogP contribution in [0.15, 0.2) is 23.7 Å². The molecule has 0 aromatic carbocycles. The molecule has 0 radical (unpaired) electrons. The van der Waals surface area contributed by atoms with Crippen molar-refractivity contribution in [3.63, 3.8) is 0 Å². The Kier molecular flexibility index (Phi) is 27.3. The van der Waals surface area contributed by atoms with Crippen LogP contribution in [0.4, 0.5) is 0 Å². The van der Waals surface area contributed by atoms with Crippen LogP contribution in [0, 0.1) is 36.6 Å². The van der Waals surface area contributed by atoms with Crippen LogP contribution in [0.3, 0.4) is 0 Å². The maximum absolute atomic E-state index is 5.55. The molecule has 5 aliphatic rings. The smallest absolute Gasteiger partial charge is 0.455 e. The maximum Gasteiger partial charge on any atom is 0.509 e. The summed E-state index contributed by atoms with van der Waals surface area (Å²) in [5.74, 6) is 7.65. The minimum Gasteiger partial charge on any atom is -0.455 e. The number of hydrogen-bond acceptors (Lipinski definition) is 5. The quantitative estimate of drug-likeness (QED) is 0.190. The van der Waals surface area contributed by atoms with E-state index >= 15 is 0 Å². The summed E-state index contributed by atoms with van der Waals surface area (Å²) in [6, 6.07) is 0. The van der Waals surface area contributed by atoms with Gasteiger partial charge in [0.15, 0.2) is 11.6 Å². The highest BCUT2D eigenvalue weighted by molar-refractivity contribution is 5.88. The van der Waals surface area contributed by atoms with Crippen LogP contribution in [0.1, 0.15) is 162 Å². The van der Waals surface area contributed by atoms with Crippen molar-refractivity contribution in [2.24, 2.45) is 23.7 Å². The molecule has 0 unspecified atom stereocenters. The summed E-state index contributed by atoms with van der Waals surface area (Å²) in [4.78, 5) is 0. The van der Waals surface area contributed by atoms with E-state index in [0.29, 0.717) is 6.61 Å². The van der Waals surface area contributed by atoms with Gasteiger partial charge in [-0.25, -0.2) is 0 Å². The number of ketones is 2. The second-order valence-electron chi connectivity index (χ2n) is 12.8. The monoisotopic (exact) mass is 671 g/mol. The third kappa shape index (κ3) is 17.8. The van der Waals surface area contributed by atoms with Gasteiger partial charge in [0.25, 0.3) is 0 Å². The van der Waals surface area contributed by atoms with Gasteiger partial charge in [-0.05, 0) is 77.4 Å². The topological polar surface area (TPSA) is 68.8 Å². The van der Waals surface area contributed by atoms with Gasteiger partial charge in [0.05, 0.1) is 23.7 Å². The fourth-order valence-electron chi connectivity index (χ4n) is 7.17. The average molecular weight is 671 g/mol. The van der Waals surface area contributed by atoms with Crippen LogP contribution < -0.4 is 0 Å². The molecule has 280 valence electrons. The summed E-state index contributed by atoms with van der Waals surface area (Å²) in [6.45, 7) is 16.0. The van der Waals surface area contributed by atoms with E-state index in [1.807, 2.05) is 55.4 Å². The highest BCUT2D eigenvalue weighted by Crippen LogP contribution is 2.49. The molecule has 3 saturated carbocycles. The first-order valence-corrected chi connectivity index (χ1v) is 16.8. The Bertz CT molecular complexity index is 863. The van der Waals surface area contributed by atoms with Crippen molar-refractivity contribution in [3.05, 3.63) is 36.6 Å². The van der Waals surface area contributed by atoms with Gasteiger partial charge in [-0.1, -0.05) is 121 Å². The molecule has 0 bridgehead atoms. The molecule has 5 rings (SSSR count). The summed E-state index contributed by atoms with van der Waals surface area (Å²) >= 11 is 0. The highest BCUT2D eigenvalue weighted by atomic mass is 16.8. The van der Waals surface area contributed by atoms with Crippen molar-refractivity contribution >= 4 is 11.6 Å². The molecule has 0 spiro atoms. The fraction of sp³-hybridized carbons (Fsp3) is 0.800. The fourth-order valence-corrected chi connectivity index (χ4v) is 7.17. The van der Waals surface area contributed by atoms with Gasteiger partial charge in [-0.2, -0.15) is 0 Å². The minimum atomic E-state index is -0.470. The zero-order chi connectivity index (χ0) is 31.8. The molecule has 3 fully saturated rings. The SMILES string of the molecule is C.C.C.C.C1CCC(C(C2CCCC2)C2CCCC2)C1.CC.COCC(C)(C)O[C-]1OC(C)=CC(C)=[O+]1.CO[C-]1OC(C)=CC(C)=[O+]1. The maximum atomic E-state index is 5.55. The van der Waals surface area contributed by atoms with E-state index in [2.05, 4.69) is 0 Å². The van der Waals surface area contributed by atoms with Crippen molar-refractivity contribution in [1.82, 2.24) is 0 Å². The molecule has 0 saturated heterocycles. The van der Waals surface area contributed by atoms with Gasteiger partial charge in [-0.15, -0.1) is 0 Å². The van der Waals surface area contributed by atoms with Gasteiger partial charge in [0, 0.05) is 14.2 Å². The summed E-state index contributed by atoms with van der Waals surface area (Å²) in [5.41, 5.74) is -0.470. The Morgan fingerprint density at radius 1 is 0.681 bits per heavy atom. The van der Waals surface area contributed by atoms with Crippen LogP contribution in [-0.4, -0.2) is 38.0 Å². The Hall–Kier alpha value is -1.96. The Balaban J connectivity index is -0.000000590. The zero-order valence-corrected chi connectivity index (χ0v) is 29.0. The van der Waals surface area contributed by atoms with E-state index < -0.39 is 5.60 Å². The van der Waals surface area contributed by atoms with Crippen LogP contribution in [-0.2, 0) is 32.5 Å². The molecule has 2 aliphatic heterocycles. The molecule has 2 heterocycles.